The fourth-order valence-corrected chi connectivity index (χ4v) is 4.14. The van der Waals surface area contributed by atoms with Gasteiger partial charge in [0.05, 0.1) is 16.9 Å². The molecule has 1 aliphatic rings. The lowest BCUT2D eigenvalue weighted by Crippen LogP contribution is -2.18. The number of hydrogen-bond donors (Lipinski definition) is 2. The number of rotatable bonds is 8. The van der Waals surface area contributed by atoms with Crippen LogP contribution in [0.4, 0.5) is 11.6 Å². The van der Waals surface area contributed by atoms with E-state index < -0.39 is 0 Å². The zero-order chi connectivity index (χ0) is 20.6. The van der Waals surface area contributed by atoms with E-state index in [1.54, 1.807) is 4.52 Å². The first-order valence-electron chi connectivity index (χ1n) is 10.4. The van der Waals surface area contributed by atoms with Gasteiger partial charge in [-0.2, -0.15) is 20.0 Å². The van der Waals surface area contributed by atoms with Gasteiger partial charge in [0, 0.05) is 24.7 Å². The van der Waals surface area contributed by atoms with Crippen molar-refractivity contribution < 1.29 is 0 Å². The van der Waals surface area contributed by atoms with Crippen LogP contribution in [0.3, 0.4) is 0 Å². The van der Waals surface area contributed by atoms with Gasteiger partial charge in [0.1, 0.15) is 23.3 Å². The molecule has 3 aromatic heterocycles. The fraction of sp³-hybridized carbons (Fsp3) is 0.524. The maximum Gasteiger partial charge on any atom is 0.163 e. The van der Waals surface area contributed by atoms with Crippen molar-refractivity contribution in [1.82, 2.24) is 24.4 Å². The second kappa shape index (κ2) is 7.39. The van der Waals surface area contributed by atoms with Gasteiger partial charge in [0.15, 0.2) is 5.65 Å². The van der Waals surface area contributed by atoms with Gasteiger partial charge >= 0.3 is 0 Å². The molecule has 29 heavy (non-hydrogen) atoms. The Morgan fingerprint density at radius 3 is 2.76 bits per heavy atom. The molecule has 0 bridgehead atoms. The van der Waals surface area contributed by atoms with E-state index in [1.165, 1.54) is 25.7 Å². The minimum atomic E-state index is 0.256. The lowest BCUT2D eigenvalue weighted by molar-refractivity contribution is 0.395. The molecule has 0 aliphatic heterocycles. The zero-order valence-corrected chi connectivity index (χ0v) is 17.4. The Balaban J connectivity index is 1.51. The summed E-state index contributed by atoms with van der Waals surface area (Å²) in [7, 11) is 0. The Morgan fingerprint density at radius 2 is 2.10 bits per heavy atom. The van der Waals surface area contributed by atoms with E-state index in [1.807, 2.05) is 6.92 Å². The molecular weight excluding hydrogens is 364 g/mol. The quantitative estimate of drug-likeness (QED) is 0.609. The van der Waals surface area contributed by atoms with Gasteiger partial charge in [0.25, 0.3) is 0 Å². The topological polar surface area (TPSA) is 110 Å². The number of fused-ring (bicyclic) bond motifs is 1. The van der Waals surface area contributed by atoms with E-state index >= 15 is 0 Å². The lowest BCUT2D eigenvalue weighted by Gasteiger charge is -2.14. The number of aromatic nitrogens is 5. The summed E-state index contributed by atoms with van der Waals surface area (Å²) >= 11 is 0. The van der Waals surface area contributed by atoms with Crippen LogP contribution in [-0.4, -0.2) is 30.9 Å². The van der Waals surface area contributed by atoms with Crippen LogP contribution in [0.15, 0.2) is 12.3 Å². The highest BCUT2D eigenvalue weighted by Gasteiger charge is 2.44. The Kier molecular flexibility index (Phi) is 4.91. The first-order chi connectivity index (χ1) is 14.0. The van der Waals surface area contributed by atoms with Crippen molar-refractivity contribution in [1.29, 1.82) is 5.26 Å². The summed E-state index contributed by atoms with van der Waals surface area (Å²) in [6, 6.07) is 4.25. The third kappa shape index (κ3) is 3.31. The molecule has 0 aromatic carbocycles. The van der Waals surface area contributed by atoms with Crippen molar-refractivity contribution in [3.8, 4) is 6.07 Å². The minimum absolute atomic E-state index is 0.256. The number of anilines is 2. The minimum Gasteiger partial charge on any atom is -0.382 e. The van der Waals surface area contributed by atoms with E-state index in [-0.39, 0.29) is 5.54 Å². The zero-order valence-electron chi connectivity index (χ0n) is 17.4. The first-order valence-corrected chi connectivity index (χ1v) is 10.4. The number of nitrogens with zero attached hydrogens (tertiary/aromatic N) is 6. The standard InChI is InChI=1S/C21H28N8/c1-4-8-21(9-10-21)28-12-7-15(27-28)6-11-24-19-17(13-22)18(23)29-20(25-19)16(5-2)14(3)26-29/h7,12H,4-6,8-11,23H2,1-3H3,(H,24,25). The Hall–Kier alpha value is -3.08. The molecule has 8 nitrogen and oxygen atoms in total. The molecular formula is C21H28N8. The third-order valence-corrected chi connectivity index (χ3v) is 5.91. The van der Waals surface area contributed by atoms with E-state index in [9.17, 15) is 5.26 Å². The summed E-state index contributed by atoms with van der Waals surface area (Å²) in [6.07, 6.45) is 8.47. The van der Waals surface area contributed by atoms with Crippen LogP contribution in [0.1, 0.15) is 62.0 Å². The van der Waals surface area contributed by atoms with Crippen molar-refractivity contribution >= 4 is 17.3 Å². The van der Waals surface area contributed by atoms with E-state index in [2.05, 4.69) is 52.3 Å². The smallest absolute Gasteiger partial charge is 0.163 e. The largest absolute Gasteiger partial charge is 0.382 e. The van der Waals surface area contributed by atoms with E-state index in [4.69, 9.17) is 10.8 Å². The van der Waals surface area contributed by atoms with Crippen molar-refractivity contribution in [2.75, 3.05) is 17.6 Å². The monoisotopic (exact) mass is 392 g/mol. The van der Waals surface area contributed by atoms with Gasteiger partial charge in [-0.25, -0.2) is 4.98 Å². The maximum atomic E-state index is 9.59. The molecule has 0 atom stereocenters. The first kappa shape index (κ1) is 19.2. The van der Waals surface area contributed by atoms with E-state index in [0.29, 0.717) is 29.4 Å². The molecule has 1 saturated carbocycles. The van der Waals surface area contributed by atoms with Crippen LogP contribution in [0.5, 0.6) is 0 Å². The van der Waals surface area contributed by atoms with Crippen LogP contribution in [-0.2, 0) is 18.4 Å². The molecule has 1 fully saturated rings. The number of hydrogen-bond acceptors (Lipinski definition) is 6. The number of nitrogens with two attached hydrogens (primary N) is 1. The molecule has 3 aromatic rings. The molecule has 3 N–H and O–H groups in total. The van der Waals surface area contributed by atoms with Crippen LogP contribution in [0.2, 0.25) is 0 Å². The molecule has 0 radical (unpaired) electrons. The van der Waals surface area contributed by atoms with Crippen LogP contribution in [0.25, 0.3) is 5.65 Å². The lowest BCUT2D eigenvalue weighted by atomic mass is 10.1. The number of nitriles is 1. The molecule has 0 spiro atoms. The molecule has 3 heterocycles. The summed E-state index contributed by atoms with van der Waals surface area (Å²) in [4.78, 5) is 4.67. The third-order valence-electron chi connectivity index (χ3n) is 5.91. The van der Waals surface area contributed by atoms with Crippen molar-refractivity contribution in [3.05, 3.63) is 34.8 Å². The Labute approximate surface area is 170 Å². The van der Waals surface area contributed by atoms with Gasteiger partial charge < -0.3 is 11.1 Å². The van der Waals surface area contributed by atoms with Crippen LogP contribution in [0, 0.1) is 18.3 Å². The summed E-state index contributed by atoms with van der Waals surface area (Å²) in [5.41, 5.74) is 10.5. The molecule has 0 unspecified atom stereocenters. The molecule has 4 rings (SSSR count). The van der Waals surface area contributed by atoms with Gasteiger partial charge in [0.2, 0.25) is 0 Å². The van der Waals surface area contributed by atoms with Crippen molar-refractivity contribution in [3.63, 3.8) is 0 Å². The van der Waals surface area contributed by atoms with Crippen molar-refractivity contribution in [2.24, 2.45) is 0 Å². The summed E-state index contributed by atoms with van der Waals surface area (Å²) in [5.74, 6) is 0.832. The second-order valence-corrected chi connectivity index (χ2v) is 7.89. The highest BCUT2D eigenvalue weighted by Crippen LogP contribution is 2.46. The second-order valence-electron chi connectivity index (χ2n) is 7.89. The molecule has 8 heteroatoms. The number of nitrogen functional groups attached to an aromatic ring is 1. The predicted molar refractivity (Wildman–Crippen MR) is 113 cm³/mol. The van der Waals surface area contributed by atoms with Gasteiger partial charge in [-0.15, -0.1) is 0 Å². The van der Waals surface area contributed by atoms with Gasteiger partial charge in [-0.05, 0) is 38.7 Å². The summed E-state index contributed by atoms with van der Waals surface area (Å²) < 4.78 is 3.72. The molecule has 152 valence electrons. The van der Waals surface area contributed by atoms with Gasteiger partial charge in [-0.3, -0.25) is 4.68 Å². The highest BCUT2D eigenvalue weighted by molar-refractivity contribution is 5.69. The van der Waals surface area contributed by atoms with Crippen LogP contribution < -0.4 is 11.1 Å². The Bertz CT molecular complexity index is 1080. The predicted octanol–water partition coefficient (Wildman–Crippen LogP) is 3.19. The Morgan fingerprint density at radius 1 is 1.31 bits per heavy atom. The van der Waals surface area contributed by atoms with Gasteiger partial charge in [-0.1, -0.05) is 20.3 Å². The number of nitrogens with one attached hydrogen (secondary N) is 1. The molecule has 0 amide bonds. The van der Waals surface area contributed by atoms with Crippen LogP contribution >= 0.6 is 0 Å². The molecule has 0 saturated heterocycles. The summed E-state index contributed by atoms with van der Waals surface area (Å²) in [6.45, 7) is 6.86. The maximum absolute atomic E-state index is 9.59. The SMILES string of the molecule is CCCC1(n2ccc(CCNc3nc4c(CC)c(C)nn4c(N)c3C#N)n2)CC1. The molecule has 1 aliphatic carbocycles. The van der Waals surface area contributed by atoms with Crippen molar-refractivity contribution in [2.45, 2.75) is 64.8 Å². The average molecular weight is 393 g/mol. The average Bonchev–Trinajstić information content (AvgIpc) is 3.19. The normalized spacial score (nSPS) is 14.8. The fourth-order valence-electron chi connectivity index (χ4n) is 4.14. The number of aryl methyl sites for hydroxylation is 2. The highest BCUT2D eigenvalue weighted by atomic mass is 15.3. The van der Waals surface area contributed by atoms with E-state index in [0.717, 1.165) is 29.8 Å². The summed E-state index contributed by atoms with van der Waals surface area (Å²) in [5, 5.41) is 22.1.